The Morgan fingerprint density at radius 1 is 1.44 bits per heavy atom. The second kappa shape index (κ2) is 6.48. The van der Waals surface area contributed by atoms with E-state index in [-0.39, 0.29) is 11.9 Å². The van der Waals surface area contributed by atoms with Gasteiger partial charge in [0, 0.05) is 10.0 Å². The molecule has 3 heteroatoms. The lowest BCUT2D eigenvalue weighted by Gasteiger charge is -2.21. The van der Waals surface area contributed by atoms with Crippen LogP contribution in [0.3, 0.4) is 0 Å². The molecule has 0 amide bonds. The molecule has 0 heterocycles. The van der Waals surface area contributed by atoms with E-state index in [1.165, 1.54) is 12.0 Å². The molecule has 1 nitrogen and oxygen atoms in total. The van der Waals surface area contributed by atoms with Crippen LogP contribution in [0, 0.1) is 5.82 Å². The molecule has 1 aliphatic carbocycles. The zero-order valence-corrected chi connectivity index (χ0v) is 12.3. The summed E-state index contributed by atoms with van der Waals surface area (Å²) in [7, 11) is 0. The van der Waals surface area contributed by atoms with Crippen LogP contribution in [0.15, 0.2) is 34.3 Å². The Bertz CT molecular complexity index is 442. The fourth-order valence-electron chi connectivity index (χ4n) is 2.42. The van der Waals surface area contributed by atoms with Crippen molar-refractivity contribution in [2.24, 2.45) is 0 Å². The van der Waals surface area contributed by atoms with Crippen LogP contribution in [-0.4, -0.2) is 6.54 Å². The van der Waals surface area contributed by atoms with Gasteiger partial charge in [-0.25, -0.2) is 4.39 Å². The first-order valence-corrected chi connectivity index (χ1v) is 7.39. The van der Waals surface area contributed by atoms with Crippen LogP contribution in [0.5, 0.6) is 0 Å². The third-order valence-corrected chi connectivity index (χ3v) is 3.81. The Kier molecular flexibility index (Phi) is 4.95. The van der Waals surface area contributed by atoms with Gasteiger partial charge >= 0.3 is 0 Å². The lowest BCUT2D eigenvalue weighted by molar-refractivity contribution is 0.534. The highest BCUT2D eigenvalue weighted by atomic mass is 79.9. The van der Waals surface area contributed by atoms with Gasteiger partial charge < -0.3 is 5.32 Å². The van der Waals surface area contributed by atoms with Gasteiger partial charge in [-0.3, -0.25) is 0 Å². The minimum absolute atomic E-state index is 0.0422. The van der Waals surface area contributed by atoms with Crippen LogP contribution in [-0.2, 0) is 0 Å². The fourth-order valence-corrected chi connectivity index (χ4v) is 2.76. The molecular weight excluding hydrogens is 293 g/mol. The minimum Gasteiger partial charge on any atom is -0.306 e. The van der Waals surface area contributed by atoms with Crippen molar-refractivity contribution in [3.05, 3.63) is 45.7 Å². The maximum atomic E-state index is 14.1. The molecule has 0 fully saturated rings. The molecular formula is C15H19BrFN. The van der Waals surface area contributed by atoms with E-state index in [1.807, 2.05) is 12.1 Å². The molecule has 0 aliphatic heterocycles. The molecule has 0 aromatic heterocycles. The van der Waals surface area contributed by atoms with Crippen LogP contribution in [0.25, 0.3) is 0 Å². The molecule has 1 unspecified atom stereocenters. The van der Waals surface area contributed by atoms with Crippen molar-refractivity contribution < 1.29 is 4.39 Å². The first-order chi connectivity index (χ1) is 8.72. The Balaban J connectivity index is 2.26. The average Bonchev–Trinajstić information content (AvgIpc) is 2.85. The summed E-state index contributed by atoms with van der Waals surface area (Å²) in [6.45, 7) is 3.04. The highest BCUT2D eigenvalue weighted by molar-refractivity contribution is 9.10. The van der Waals surface area contributed by atoms with E-state index in [0.717, 1.165) is 35.8 Å². The van der Waals surface area contributed by atoms with Crippen LogP contribution < -0.4 is 5.32 Å². The predicted octanol–water partition coefficient (Wildman–Crippen LogP) is 4.74. The van der Waals surface area contributed by atoms with Crippen molar-refractivity contribution in [1.82, 2.24) is 5.32 Å². The van der Waals surface area contributed by atoms with Crippen LogP contribution in [0.4, 0.5) is 4.39 Å². The smallest absolute Gasteiger partial charge is 0.129 e. The number of hydrogen-bond donors (Lipinski definition) is 1. The second-order valence-electron chi connectivity index (χ2n) is 4.72. The molecule has 0 saturated heterocycles. The topological polar surface area (TPSA) is 12.0 Å². The standard InChI is InChI=1S/C15H19BrFN/c1-2-9-18-15(11-5-3-4-6-11)13-8-7-12(16)10-14(13)17/h5,7-8,10,15,18H,2-4,6,9H2,1H3. The zero-order chi connectivity index (χ0) is 13.0. The van der Waals surface area contributed by atoms with Gasteiger partial charge in [0.25, 0.3) is 0 Å². The summed E-state index contributed by atoms with van der Waals surface area (Å²) in [5.41, 5.74) is 2.10. The summed E-state index contributed by atoms with van der Waals surface area (Å²) in [6, 6.07) is 5.38. The monoisotopic (exact) mass is 311 g/mol. The summed E-state index contributed by atoms with van der Waals surface area (Å²) >= 11 is 3.31. The molecule has 1 N–H and O–H groups in total. The molecule has 1 atom stereocenters. The van der Waals surface area contributed by atoms with Gasteiger partial charge in [0.15, 0.2) is 0 Å². The summed E-state index contributed by atoms with van der Waals surface area (Å²) in [4.78, 5) is 0. The Labute approximate surface area is 117 Å². The van der Waals surface area contributed by atoms with Gasteiger partial charge in [0.2, 0.25) is 0 Å². The zero-order valence-electron chi connectivity index (χ0n) is 10.7. The molecule has 2 rings (SSSR count). The van der Waals surface area contributed by atoms with E-state index >= 15 is 0 Å². The van der Waals surface area contributed by atoms with Gasteiger partial charge in [0.05, 0.1) is 6.04 Å². The Morgan fingerprint density at radius 3 is 2.89 bits per heavy atom. The number of rotatable bonds is 5. The quantitative estimate of drug-likeness (QED) is 0.774. The van der Waals surface area contributed by atoms with E-state index in [2.05, 4.69) is 34.2 Å². The van der Waals surface area contributed by atoms with Crippen molar-refractivity contribution in [1.29, 1.82) is 0 Å². The maximum absolute atomic E-state index is 14.1. The molecule has 0 bridgehead atoms. The first kappa shape index (κ1) is 13.8. The van der Waals surface area contributed by atoms with E-state index in [9.17, 15) is 4.39 Å². The number of hydrogen-bond acceptors (Lipinski definition) is 1. The molecule has 0 saturated carbocycles. The number of nitrogens with one attached hydrogen (secondary N) is 1. The van der Waals surface area contributed by atoms with Crippen molar-refractivity contribution in [2.75, 3.05) is 6.54 Å². The molecule has 0 spiro atoms. The van der Waals surface area contributed by atoms with Crippen molar-refractivity contribution in [3.8, 4) is 0 Å². The maximum Gasteiger partial charge on any atom is 0.129 e. The third kappa shape index (κ3) is 3.21. The summed E-state index contributed by atoms with van der Waals surface area (Å²) < 4.78 is 14.9. The van der Waals surface area contributed by atoms with Gasteiger partial charge in [-0.1, -0.05) is 40.6 Å². The molecule has 18 heavy (non-hydrogen) atoms. The highest BCUT2D eigenvalue weighted by Gasteiger charge is 2.21. The van der Waals surface area contributed by atoms with Crippen molar-refractivity contribution >= 4 is 15.9 Å². The third-order valence-electron chi connectivity index (χ3n) is 3.32. The largest absolute Gasteiger partial charge is 0.306 e. The summed E-state index contributed by atoms with van der Waals surface area (Å²) in [5, 5.41) is 3.46. The minimum atomic E-state index is -0.134. The van der Waals surface area contributed by atoms with Crippen molar-refractivity contribution in [2.45, 2.75) is 38.6 Å². The number of benzene rings is 1. The van der Waals surface area contributed by atoms with Gasteiger partial charge in [-0.05, 0) is 44.4 Å². The lowest BCUT2D eigenvalue weighted by Crippen LogP contribution is -2.24. The molecule has 1 aromatic carbocycles. The van der Waals surface area contributed by atoms with E-state index in [0.29, 0.717) is 0 Å². The summed E-state index contributed by atoms with van der Waals surface area (Å²) in [5.74, 6) is -0.134. The fraction of sp³-hybridized carbons (Fsp3) is 0.467. The van der Waals surface area contributed by atoms with E-state index in [4.69, 9.17) is 0 Å². The molecule has 1 aromatic rings. The Hall–Kier alpha value is -0.670. The lowest BCUT2D eigenvalue weighted by atomic mass is 9.97. The highest BCUT2D eigenvalue weighted by Crippen LogP contribution is 2.32. The van der Waals surface area contributed by atoms with E-state index in [1.54, 1.807) is 6.07 Å². The van der Waals surface area contributed by atoms with Crippen LogP contribution in [0.1, 0.15) is 44.2 Å². The first-order valence-electron chi connectivity index (χ1n) is 6.59. The predicted molar refractivity (Wildman–Crippen MR) is 77.1 cm³/mol. The number of halogens is 2. The van der Waals surface area contributed by atoms with Gasteiger partial charge in [-0.15, -0.1) is 0 Å². The van der Waals surface area contributed by atoms with E-state index < -0.39 is 0 Å². The SMILES string of the molecule is CCCNC(C1=CCCC1)c1ccc(Br)cc1F. The molecule has 98 valence electrons. The van der Waals surface area contributed by atoms with Gasteiger partial charge in [0.1, 0.15) is 5.82 Å². The number of allylic oxidation sites excluding steroid dienone is 1. The average molecular weight is 312 g/mol. The van der Waals surface area contributed by atoms with Crippen LogP contribution in [0.2, 0.25) is 0 Å². The molecule has 1 aliphatic rings. The normalized spacial score (nSPS) is 16.7. The van der Waals surface area contributed by atoms with Crippen LogP contribution >= 0.6 is 15.9 Å². The second-order valence-corrected chi connectivity index (χ2v) is 5.64. The summed E-state index contributed by atoms with van der Waals surface area (Å²) in [6.07, 6.45) is 6.71. The Morgan fingerprint density at radius 2 is 2.28 bits per heavy atom. The molecule has 0 radical (unpaired) electrons. The van der Waals surface area contributed by atoms with Crippen molar-refractivity contribution in [3.63, 3.8) is 0 Å². The van der Waals surface area contributed by atoms with Gasteiger partial charge in [-0.2, -0.15) is 0 Å².